The highest BCUT2D eigenvalue weighted by Crippen LogP contribution is 2.26. The number of nitrogens with one attached hydrogen (secondary N) is 2. The lowest BCUT2D eigenvalue weighted by molar-refractivity contribution is 0.368. The second kappa shape index (κ2) is 12.1. The van der Waals surface area contributed by atoms with Gasteiger partial charge in [0.15, 0.2) is 0 Å². The van der Waals surface area contributed by atoms with E-state index in [1.54, 1.807) is 0 Å². The number of benzene rings is 2. The van der Waals surface area contributed by atoms with Crippen molar-refractivity contribution in [3.05, 3.63) is 94.8 Å². The largest absolute Gasteiger partial charge is 0.291 e. The van der Waals surface area contributed by atoms with Gasteiger partial charge >= 0.3 is 0 Å². The van der Waals surface area contributed by atoms with Crippen molar-refractivity contribution in [2.45, 2.75) is 59.8 Å². The third-order valence-electron chi connectivity index (χ3n) is 6.05. The van der Waals surface area contributed by atoms with Crippen molar-refractivity contribution in [3.63, 3.8) is 0 Å². The number of hydrogen-bond acceptors (Lipinski definition) is 3. The maximum Gasteiger partial charge on any atom is 0.106 e. The molecule has 0 fully saturated rings. The lowest BCUT2D eigenvalue weighted by Crippen LogP contribution is -2.28. The minimum atomic E-state index is 0.0364. The molecular weight excluding hydrogens is 424 g/mol. The van der Waals surface area contributed by atoms with Crippen molar-refractivity contribution in [2.75, 3.05) is 5.75 Å². The van der Waals surface area contributed by atoms with E-state index in [9.17, 15) is 0 Å². The molecule has 33 heavy (non-hydrogen) atoms. The lowest BCUT2D eigenvalue weighted by atomic mass is 9.98. The molecule has 2 N–H and O–H groups in total. The summed E-state index contributed by atoms with van der Waals surface area (Å²) in [6.45, 7) is 14.6. The van der Waals surface area contributed by atoms with Gasteiger partial charge in [-0.05, 0) is 60.6 Å². The van der Waals surface area contributed by atoms with E-state index in [0.717, 1.165) is 37.3 Å². The second-order valence-electron chi connectivity index (χ2n) is 8.71. The molecule has 1 aromatic heterocycles. The van der Waals surface area contributed by atoms with E-state index in [1.807, 2.05) is 6.20 Å². The number of hydrogen-bond donors (Lipinski definition) is 2. The van der Waals surface area contributed by atoms with Crippen molar-refractivity contribution < 1.29 is 0 Å². The SMILES string of the molecule is C=C(CC(NCc1ccc(CNS(=C)CCC)cc1)n1ncc(C)c1C)c1ccccc1C. The summed E-state index contributed by atoms with van der Waals surface area (Å²) in [4.78, 5) is 0. The van der Waals surface area contributed by atoms with E-state index >= 15 is 0 Å². The van der Waals surface area contributed by atoms with Gasteiger partial charge in [0.2, 0.25) is 0 Å². The molecule has 2 unspecified atom stereocenters. The minimum Gasteiger partial charge on any atom is -0.291 e. The fourth-order valence-corrected chi connectivity index (χ4v) is 4.90. The maximum absolute atomic E-state index is 4.67. The Morgan fingerprint density at radius 1 is 1.00 bits per heavy atom. The van der Waals surface area contributed by atoms with Gasteiger partial charge in [-0.25, -0.2) is 0 Å². The summed E-state index contributed by atoms with van der Waals surface area (Å²) in [5.74, 6) is 5.32. The zero-order chi connectivity index (χ0) is 23.8. The molecule has 2 atom stereocenters. The van der Waals surface area contributed by atoms with Crippen LogP contribution in [-0.4, -0.2) is 21.4 Å². The summed E-state index contributed by atoms with van der Waals surface area (Å²) < 4.78 is 5.62. The predicted octanol–water partition coefficient (Wildman–Crippen LogP) is 6.32. The van der Waals surface area contributed by atoms with Crippen LogP contribution in [0, 0.1) is 20.8 Å². The first-order valence-corrected chi connectivity index (χ1v) is 13.2. The quantitative estimate of drug-likeness (QED) is 0.310. The number of aryl methyl sites for hydroxylation is 2. The monoisotopic (exact) mass is 462 g/mol. The highest BCUT2D eigenvalue weighted by atomic mass is 32.2. The Balaban J connectivity index is 1.68. The fourth-order valence-electron chi connectivity index (χ4n) is 3.90. The van der Waals surface area contributed by atoms with Crippen LogP contribution in [0.1, 0.15) is 59.4 Å². The molecule has 3 aromatic rings. The Morgan fingerprint density at radius 2 is 1.67 bits per heavy atom. The number of nitrogens with zero attached hydrogens (tertiary/aromatic N) is 2. The Labute approximate surface area is 202 Å². The molecule has 0 saturated heterocycles. The van der Waals surface area contributed by atoms with Crippen molar-refractivity contribution in [1.29, 1.82) is 0 Å². The molecule has 0 aliphatic heterocycles. The molecule has 0 spiro atoms. The van der Waals surface area contributed by atoms with Crippen LogP contribution in [-0.2, 0) is 13.1 Å². The highest BCUT2D eigenvalue weighted by Gasteiger charge is 2.17. The van der Waals surface area contributed by atoms with E-state index in [4.69, 9.17) is 0 Å². The van der Waals surface area contributed by atoms with Crippen LogP contribution in [0.2, 0.25) is 0 Å². The van der Waals surface area contributed by atoms with Crippen molar-refractivity contribution in [1.82, 2.24) is 19.8 Å². The molecule has 176 valence electrons. The Hall–Kier alpha value is -2.47. The summed E-state index contributed by atoms with van der Waals surface area (Å²) in [6.07, 6.45) is 3.93. The molecule has 1 heterocycles. The molecular formula is C28H38N4S. The summed E-state index contributed by atoms with van der Waals surface area (Å²) in [5.41, 5.74) is 8.52. The fraction of sp³-hybridized carbons (Fsp3) is 0.357. The van der Waals surface area contributed by atoms with Crippen LogP contribution in [0.5, 0.6) is 0 Å². The van der Waals surface area contributed by atoms with E-state index < -0.39 is 0 Å². The van der Waals surface area contributed by atoms with Gasteiger partial charge in [0.05, 0.1) is 6.20 Å². The van der Waals surface area contributed by atoms with Crippen LogP contribution < -0.4 is 10.0 Å². The summed E-state index contributed by atoms with van der Waals surface area (Å²) in [7, 11) is 0.0392. The van der Waals surface area contributed by atoms with Gasteiger partial charge in [-0.15, -0.1) is 10.7 Å². The molecule has 0 radical (unpaired) electrons. The lowest BCUT2D eigenvalue weighted by Gasteiger charge is -2.23. The Kier molecular flexibility index (Phi) is 9.24. The van der Waals surface area contributed by atoms with Crippen molar-refractivity contribution in [2.24, 2.45) is 0 Å². The summed E-state index contributed by atoms with van der Waals surface area (Å²) in [5, 5.41) is 8.40. The van der Waals surface area contributed by atoms with E-state index in [0.29, 0.717) is 0 Å². The first-order valence-electron chi connectivity index (χ1n) is 11.7. The summed E-state index contributed by atoms with van der Waals surface area (Å²) >= 11 is 0. The standard InChI is InChI=1S/C28H38N4S/c1-7-16-33(6)31-20-26-14-12-25(13-15-26)19-29-28(32-24(5)23(4)18-30-32)17-22(3)27-11-9-8-10-21(27)2/h8-15,18,28-29,31H,3,6-7,16-17,19-20H2,1-2,4-5H3. The molecule has 3 rings (SSSR count). The highest BCUT2D eigenvalue weighted by molar-refractivity contribution is 8.12. The minimum absolute atomic E-state index is 0.0364. The molecule has 5 heteroatoms. The van der Waals surface area contributed by atoms with Crippen LogP contribution in [0.15, 0.2) is 61.3 Å². The first kappa shape index (κ1) is 25.2. The van der Waals surface area contributed by atoms with E-state index in [-0.39, 0.29) is 16.8 Å². The number of aromatic nitrogens is 2. The van der Waals surface area contributed by atoms with E-state index in [1.165, 1.54) is 33.5 Å². The van der Waals surface area contributed by atoms with Gasteiger partial charge in [0.25, 0.3) is 0 Å². The van der Waals surface area contributed by atoms with Gasteiger partial charge in [-0.1, -0.05) is 67.9 Å². The van der Waals surface area contributed by atoms with Gasteiger partial charge in [-0.2, -0.15) is 5.10 Å². The van der Waals surface area contributed by atoms with E-state index in [2.05, 4.69) is 108 Å². The first-order chi connectivity index (χ1) is 15.9. The average Bonchev–Trinajstić information content (AvgIpc) is 3.14. The maximum atomic E-state index is 4.67. The van der Waals surface area contributed by atoms with Gasteiger partial charge in [-0.3, -0.25) is 14.7 Å². The van der Waals surface area contributed by atoms with Gasteiger partial charge < -0.3 is 0 Å². The van der Waals surface area contributed by atoms with Crippen LogP contribution >= 0.6 is 10.7 Å². The normalized spacial score (nSPS) is 13.1. The van der Waals surface area contributed by atoms with Crippen molar-refractivity contribution >= 4 is 22.1 Å². The molecule has 0 amide bonds. The number of rotatable bonds is 12. The Morgan fingerprint density at radius 3 is 2.27 bits per heavy atom. The molecule has 4 nitrogen and oxygen atoms in total. The molecule has 0 aliphatic carbocycles. The second-order valence-corrected chi connectivity index (χ2v) is 10.4. The summed E-state index contributed by atoms with van der Waals surface area (Å²) in [6, 6.07) is 17.3. The van der Waals surface area contributed by atoms with Gasteiger partial charge in [0.1, 0.15) is 6.17 Å². The average molecular weight is 463 g/mol. The zero-order valence-corrected chi connectivity index (χ0v) is 21.3. The predicted molar refractivity (Wildman–Crippen MR) is 146 cm³/mol. The van der Waals surface area contributed by atoms with Crippen molar-refractivity contribution in [3.8, 4) is 0 Å². The molecule has 2 aromatic carbocycles. The topological polar surface area (TPSA) is 41.9 Å². The molecule has 0 aliphatic rings. The van der Waals surface area contributed by atoms with Crippen LogP contribution in [0.25, 0.3) is 5.57 Å². The Bertz CT molecular complexity index is 1080. The third kappa shape index (κ3) is 7.00. The third-order valence-corrected chi connectivity index (χ3v) is 7.50. The van der Waals surface area contributed by atoms with Crippen LogP contribution in [0.4, 0.5) is 0 Å². The van der Waals surface area contributed by atoms with Gasteiger partial charge in [0, 0.05) is 31.0 Å². The smallest absolute Gasteiger partial charge is 0.106 e. The molecule has 0 bridgehead atoms. The zero-order valence-electron chi connectivity index (χ0n) is 20.5. The van der Waals surface area contributed by atoms with Crippen LogP contribution in [0.3, 0.4) is 0 Å². The molecule has 0 saturated carbocycles.